The van der Waals surface area contributed by atoms with Crippen molar-refractivity contribution in [2.75, 3.05) is 4.90 Å². The van der Waals surface area contributed by atoms with Gasteiger partial charge >= 0.3 is 0 Å². The van der Waals surface area contributed by atoms with Gasteiger partial charge in [0, 0.05) is 9.92 Å². The van der Waals surface area contributed by atoms with Gasteiger partial charge in [0.05, 0.1) is 16.2 Å². The number of thioether (sulfide) groups is 1. The van der Waals surface area contributed by atoms with Crippen molar-refractivity contribution in [1.82, 2.24) is 0 Å². The first kappa shape index (κ1) is 18.5. The van der Waals surface area contributed by atoms with Gasteiger partial charge in [-0.15, -0.1) is 0 Å². The third kappa shape index (κ3) is 3.49. The Hall–Kier alpha value is -2.82. The van der Waals surface area contributed by atoms with E-state index >= 15 is 0 Å². The summed E-state index contributed by atoms with van der Waals surface area (Å²) in [6, 6.07) is 23.9. The van der Waals surface area contributed by atoms with Gasteiger partial charge in [-0.3, -0.25) is 9.59 Å². The Kier molecular flexibility index (Phi) is 5.07. The molecular weight excluding hydrogens is 390 g/mol. The largest absolute Gasteiger partial charge is 0.272 e. The van der Waals surface area contributed by atoms with E-state index in [1.807, 2.05) is 67.6 Å². The molecule has 4 rings (SSSR count). The molecule has 0 atom stereocenters. The van der Waals surface area contributed by atoms with Crippen molar-refractivity contribution in [3.05, 3.63) is 99.9 Å². The Morgan fingerprint density at radius 3 is 2.21 bits per heavy atom. The van der Waals surface area contributed by atoms with Crippen molar-refractivity contribution >= 4 is 46.4 Å². The lowest BCUT2D eigenvalue weighted by atomic mass is 10.1. The molecule has 138 valence electrons. The number of benzene rings is 3. The topological polar surface area (TPSA) is 37.4 Å². The maximum atomic E-state index is 13.3. The van der Waals surface area contributed by atoms with Gasteiger partial charge in [0.2, 0.25) is 0 Å². The zero-order valence-electron chi connectivity index (χ0n) is 15.1. The molecule has 1 aliphatic rings. The summed E-state index contributed by atoms with van der Waals surface area (Å²) in [6.45, 7) is 1.93. The molecule has 0 radical (unpaired) electrons. The summed E-state index contributed by atoms with van der Waals surface area (Å²) in [5.74, 6) is -0.618. The number of rotatable bonds is 4. The summed E-state index contributed by atoms with van der Waals surface area (Å²) < 4.78 is 0. The zero-order valence-corrected chi connectivity index (χ0v) is 16.6. The molecule has 2 amide bonds. The number of aryl methyl sites for hydroxylation is 1. The van der Waals surface area contributed by atoms with Crippen LogP contribution in [0.4, 0.5) is 5.69 Å². The Balaban J connectivity index is 1.81. The van der Waals surface area contributed by atoms with E-state index in [1.165, 1.54) is 16.7 Å². The van der Waals surface area contributed by atoms with Crippen LogP contribution >= 0.6 is 23.4 Å². The molecule has 0 aromatic heterocycles. The molecule has 3 nitrogen and oxygen atoms in total. The predicted octanol–water partition coefficient (Wildman–Crippen LogP) is 5.73. The number of carbonyl (C=O) groups excluding carboxylic acids is 2. The molecule has 5 heteroatoms. The molecule has 1 aliphatic heterocycles. The molecule has 1 heterocycles. The molecule has 0 fully saturated rings. The molecule has 0 aliphatic carbocycles. The van der Waals surface area contributed by atoms with Crippen LogP contribution in [0.15, 0.2) is 88.7 Å². The van der Waals surface area contributed by atoms with Gasteiger partial charge in [0.15, 0.2) is 0 Å². The highest BCUT2D eigenvalue weighted by molar-refractivity contribution is 8.04. The fourth-order valence-corrected chi connectivity index (χ4v) is 4.21. The van der Waals surface area contributed by atoms with E-state index in [4.69, 9.17) is 11.6 Å². The summed E-state index contributed by atoms with van der Waals surface area (Å²) in [5.41, 5.74) is 2.72. The van der Waals surface area contributed by atoms with E-state index in [0.717, 1.165) is 16.0 Å². The molecule has 3 aromatic carbocycles. The lowest BCUT2D eigenvalue weighted by molar-refractivity contribution is -0.119. The lowest BCUT2D eigenvalue weighted by Gasteiger charge is -2.15. The van der Waals surface area contributed by atoms with Crippen LogP contribution in [0.25, 0.3) is 5.57 Å². The quantitative estimate of drug-likeness (QED) is 0.520. The summed E-state index contributed by atoms with van der Waals surface area (Å²) >= 11 is 7.26. The molecule has 0 spiro atoms. The van der Waals surface area contributed by atoms with Crippen LogP contribution in [0.3, 0.4) is 0 Å². The van der Waals surface area contributed by atoms with Crippen LogP contribution in [0.5, 0.6) is 0 Å². The minimum absolute atomic E-state index is 0.307. The number of imide groups is 1. The lowest BCUT2D eigenvalue weighted by Crippen LogP contribution is -2.31. The zero-order chi connectivity index (χ0) is 19.7. The highest BCUT2D eigenvalue weighted by Gasteiger charge is 2.40. The second-order valence-electron chi connectivity index (χ2n) is 6.41. The maximum absolute atomic E-state index is 13.3. The van der Waals surface area contributed by atoms with Gasteiger partial charge < -0.3 is 0 Å². The SMILES string of the molecule is Cc1cccc(N2C(=O)C(Sc3ccc(Cl)cc3)=C(c3ccccc3)C2=O)c1. The Bertz CT molecular complexity index is 1090. The molecule has 0 N–H and O–H groups in total. The van der Waals surface area contributed by atoms with Crippen LogP contribution in [-0.2, 0) is 9.59 Å². The first-order valence-electron chi connectivity index (χ1n) is 8.73. The van der Waals surface area contributed by atoms with Crippen LogP contribution in [0, 0.1) is 6.92 Å². The standard InChI is InChI=1S/C23H16ClNO2S/c1-15-6-5-9-18(14-15)25-22(26)20(16-7-3-2-4-8-16)21(23(25)27)28-19-12-10-17(24)11-13-19/h2-14H,1H3. The highest BCUT2D eigenvalue weighted by Crippen LogP contribution is 2.41. The number of nitrogens with zero attached hydrogens (tertiary/aromatic N) is 1. The maximum Gasteiger partial charge on any atom is 0.272 e. The van der Waals surface area contributed by atoms with Crippen molar-refractivity contribution in [3.8, 4) is 0 Å². The number of hydrogen-bond acceptors (Lipinski definition) is 3. The number of halogens is 1. The van der Waals surface area contributed by atoms with Gasteiger partial charge in [-0.05, 0) is 54.4 Å². The van der Waals surface area contributed by atoms with E-state index in [1.54, 1.807) is 18.2 Å². The predicted molar refractivity (Wildman–Crippen MR) is 114 cm³/mol. The minimum Gasteiger partial charge on any atom is -0.268 e. The average Bonchev–Trinajstić information content (AvgIpc) is 2.94. The summed E-state index contributed by atoms with van der Waals surface area (Å²) in [7, 11) is 0. The number of anilines is 1. The number of amides is 2. The van der Waals surface area contributed by atoms with Crippen LogP contribution in [0.1, 0.15) is 11.1 Å². The summed E-state index contributed by atoms with van der Waals surface area (Å²) in [4.78, 5) is 29.1. The second kappa shape index (κ2) is 7.66. The smallest absolute Gasteiger partial charge is 0.268 e. The monoisotopic (exact) mass is 405 g/mol. The average molecular weight is 406 g/mol. The van der Waals surface area contributed by atoms with Crippen molar-refractivity contribution in [2.24, 2.45) is 0 Å². The van der Waals surface area contributed by atoms with E-state index in [2.05, 4.69) is 0 Å². The molecule has 0 bridgehead atoms. The Labute approximate surface area is 172 Å². The fraction of sp³-hybridized carbons (Fsp3) is 0.0435. The first-order valence-corrected chi connectivity index (χ1v) is 9.92. The van der Waals surface area contributed by atoms with E-state index < -0.39 is 0 Å². The molecular formula is C23H16ClNO2S. The van der Waals surface area contributed by atoms with Crippen molar-refractivity contribution in [3.63, 3.8) is 0 Å². The van der Waals surface area contributed by atoms with Crippen LogP contribution in [-0.4, -0.2) is 11.8 Å². The molecule has 3 aromatic rings. The Morgan fingerprint density at radius 2 is 1.54 bits per heavy atom. The second-order valence-corrected chi connectivity index (χ2v) is 7.93. The number of hydrogen-bond donors (Lipinski definition) is 0. The molecule has 0 saturated carbocycles. The van der Waals surface area contributed by atoms with Gasteiger partial charge in [-0.1, -0.05) is 65.8 Å². The first-order chi connectivity index (χ1) is 13.5. The van der Waals surface area contributed by atoms with E-state index in [0.29, 0.717) is 21.2 Å². The normalized spacial score (nSPS) is 14.1. The minimum atomic E-state index is -0.311. The van der Waals surface area contributed by atoms with Gasteiger partial charge in [-0.2, -0.15) is 0 Å². The highest BCUT2D eigenvalue weighted by atomic mass is 35.5. The Morgan fingerprint density at radius 1 is 0.821 bits per heavy atom. The molecule has 0 unspecified atom stereocenters. The third-order valence-corrected chi connectivity index (χ3v) is 5.74. The van der Waals surface area contributed by atoms with Crippen molar-refractivity contribution in [1.29, 1.82) is 0 Å². The molecule has 28 heavy (non-hydrogen) atoms. The molecule has 0 saturated heterocycles. The summed E-state index contributed by atoms with van der Waals surface area (Å²) in [5, 5.41) is 0.622. The van der Waals surface area contributed by atoms with E-state index in [-0.39, 0.29) is 11.8 Å². The van der Waals surface area contributed by atoms with Gasteiger partial charge in [0.25, 0.3) is 11.8 Å². The van der Waals surface area contributed by atoms with E-state index in [9.17, 15) is 9.59 Å². The summed E-state index contributed by atoms with van der Waals surface area (Å²) in [6.07, 6.45) is 0. The number of carbonyl (C=O) groups is 2. The third-order valence-electron chi connectivity index (χ3n) is 4.40. The van der Waals surface area contributed by atoms with Gasteiger partial charge in [0.1, 0.15) is 0 Å². The van der Waals surface area contributed by atoms with Crippen LogP contribution < -0.4 is 4.90 Å². The van der Waals surface area contributed by atoms with Crippen molar-refractivity contribution in [2.45, 2.75) is 11.8 Å². The fourth-order valence-electron chi connectivity index (χ4n) is 3.09. The van der Waals surface area contributed by atoms with Crippen molar-refractivity contribution < 1.29 is 9.59 Å². The van der Waals surface area contributed by atoms with Crippen LogP contribution in [0.2, 0.25) is 5.02 Å². The van der Waals surface area contributed by atoms with Gasteiger partial charge in [-0.25, -0.2) is 4.90 Å².